The fraction of sp³-hybridized carbons (Fsp3) is 0.929. The minimum absolute atomic E-state index is 0.162. The summed E-state index contributed by atoms with van der Waals surface area (Å²) >= 11 is 0. The van der Waals surface area contributed by atoms with Crippen LogP contribution < -0.4 is 5.32 Å². The van der Waals surface area contributed by atoms with Crippen LogP contribution in [0.1, 0.15) is 40.0 Å². The van der Waals surface area contributed by atoms with Crippen molar-refractivity contribution in [1.29, 1.82) is 0 Å². The lowest BCUT2D eigenvalue weighted by molar-refractivity contribution is -0.152. The number of nitrogens with one attached hydrogen (secondary N) is 1. The van der Waals surface area contributed by atoms with Crippen LogP contribution in [0.4, 0.5) is 0 Å². The normalized spacial score (nSPS) is 23.1. The van der Waals surface area contributed by atoms with E-state index in [0.717, 1.165) is 19.4 Å². The summed E-state index contributed by atoms with van der Waals surface area (Å²) in [6.07, 6.45) is 3.51. The Labute approximate surface area is 116 Å². The molecule has 1 fully saturated rings. The maximum Gasteiger partial charge on any atom is 0.328 e. The van der Waals surface area contributed by atoms with Gasteiger partial charge in [-0.25, -0.2) is 4.79 Å². The molecule has 5 heteroatoms. The minimum atomic E-state index is -0.808. The second-order valence-electron chi connectivity index (χ2n) is 5.63. The van der Waals surface area contributed by atoms with Crippen LogP contribution in [0.25, 0.3) is 0 Å². The molecule has 0 aromatic rings. The molecule has 2 unspecified atom stereocenters. The molecule has 0 aromatic carbocycles. The summed E-state index contributed by atoms with van der Waals surface area (Å²) in [5, 5.41) is 3.20. The molecule has 112 valence electrons. The molecule has 0 radical (unpaired) electrons. The van der Waals surface area contributed by atoms with Gasteiger partial charge in [-0.15, -0.1) is 0 Å². The quantitative estimate of drug-likeness (QED) is 0.712. The van der Waals surface area contributed by atoms with E-state index < -0.39 is 5.54 Å². The van der Waals surface area contributed by atoms with Gasteiger partial charge in [0.15, 0.2) is 0 Å². The van der Waals surface area contributed by atoms with E-state index in [0.29, 0.717) is 6.61 Å². The SMILES string of the molecule is COC(=O)C(C)(COCC1CCCCO1)NC(C)C. The third-order valence-electron chi connectivity index (χ3n) is 3.21. The van der Waals surface area contributed by atoms with Crippen LogP contribution in [0, 0.1) is 0 Å². The third kappa shape index (κ3) is 5.47. The van der Waals surface area contributed by atoms with Crippen LogP contribution in [0.3, 0.4) is 0 Å². The number of hydrogen-bond acceptors (Lipinski definition) is 5. The van der Waals surface area contributed by atoms with E-state index in [2.05, 4.69) is 5.32 Å². The lowest BCUT2D eigenvalue weighted by Crippen LogP contribution is -2.56. The van der Waals surface area contributed by atoms with Gasteiger partial charge in [0.2, 0.25) is 0 Å². The summed E-state index contributed by atoms with van der Waals surface area (Å²) in [6, 6.07) is 0.179. The zero-order valence-corrected chi connectivity index (χ0v) is 12.5. The Morgan fingerprint density at radius 2 is 2.21 bits per heavy atom. The predicted molar refractivity (Wildman–Crippen MR) is 73.1 cm³/mol. The first kappa shape index (κ1) is 16.4. The predicted octanol–water partition coefficient (Wildman–Crippen LogP) is 1.50. The van der Waals surface area contributed by atoms with Crippen molar-refractivity contribution in [3.63, 3.8) is 0 Å². The van der Waals surface area contributed by atoms with Gasteiger partial charge in [-0.05, 0) is 40.0 Å². The Balaban J connectivity index is 2.41. The number of esters is 1. The van der Waals surface area contributed by atoms with Gasteiger partial charge in [0.25, 0.3) is 0 Å². The number of methoxy groups -OCH3 is 1. The molecule has 1 N–H and O–H groups in total. The van der Waals surface area contributed by atoms with Crippen molar-refractivity contribution in [2.24, 2.45) is 0 Å². The largest absolute Gasteiger partial charge is 0.468 e. The van der Waals surface area contributed by atoms with Crippen LogP contribution in [0.5, 0.6) is 0 Å². The van der Waals surface area contributed by atoms with E-state index in [9.17, 15) is 4.79 Å². The van der Waals surface area contributed by atoms with Crippen molar-refractivity contribution >= 4 is 5.97 Å². The molecule has 0 spiro atoms. The summed E-state index contributed by atoms with van der Waals surface area (Å²) in [5.41, 5.74) is -0.808. The summed E-state index contributed by atoms with van der Waals surface area (Å²) in [4.78, 5) is 11.9. The van der Waals surface area contributed by atoms with E-state index in [1.54, 1.807) is 6.92 Å². The molecule has 1 rings (SSSR count). The third-order valence-corrected chi connectivity index (χ3v) is 3.21. The van der Waals surface area contributed by atoms with Gasteiger partial charge in [-0.1, -0.05) is 0 Å². The lowest BCUT2D eigenvalue weighted by Gasteiger charge is -2.31. The average molecular weight is 273 g/mol. The smallest absolute Gasteiger partial charge is 0.328 e. The average Bonchev–Trinajstić information content (AvgIpc) is 2.38. The lowest BCUT2D eigenvalue weighted by atomic mass is 10.0. The van der Waals surface area contributed by atoms with Gasteiger partial charge in [0.05, 0.1) is 26.4 Å². The molecular formula is C14H27NO4. The van der Waals surface area contributed by atoms with Crippen LogP contribution in [-0.2, 0) is 19.0 Å². The Kier molecular flexibility index (Phi) is 6.75. The van der Waals surface area contributed by atoms with Crippen LogP contribution in [-0.4, -0.2) is 50.6 Å². The molecule has 2 atom stereocenters. The van der Waals surface area contributed by atoms with Crippen LogP contribution in [0.2, 0.25) is 0 Å². The van der Waals surface area contributed by atoms with Gasteiger partial charge in [0, 0.05) is 12.6 Å². The minimum Gasteiger partial charge on any atom is -0.468 e. The molecule has 0 amide bonds. The highest BCUT2D eigenvalue weighted by atomic mass is 16.5. The molecule has 0 saturated carbocycles. The summed E-state index contributed by atoms with van der Waals surface area (Å²) in [6.45, 7) is 7.42. The molecule has 0 aliphatic carbocycles. The maximum absolute atomic E-state index is 11.9. The number of carbonyl (C=O) groups excluding carboxylic acids is 1. The number of rotatable bonds is 7. The number of hydrogen-bond donors (Lipinski definition) is 1. The molecule has 5 nitrogen and oxygen atoms in total. The van der Waals surface area contributed by atoms with Gasteiger partial charge >= 0.3 is 5.97 Å². The first-order valence-corrected chi connectivity index (χ1v) is 7.03. The van der Waals surface area contributed by atoms with E-state index in [1.165, 1.54) is 13.5 Å². The Hall–Kier alpha value is -0.650. The highest BCUT2D eigenvalue weighted by Crippen LogP contribution is 2.14. The summed E-state index contributed by atoms with van der Waals surface area (Å²) in [7, 11) is 1.40. The van der Waals surface area contributed by atoms with Crippen molar-refractivity contribution in [3.8, 4) is 0 Å². The monoisotopic (exact) mass is 273 g/mol. The number of ether oxygens (including phenoxy) is 3. The van der Waals surface area contributed by atoms with E-state index in [4.69, 9.17) is 14.2 Å². The van der Waals surface area contributed by atoms with Crippen molar-refractivity contribution < 1.29 is 19.0 Å². The van der Waals surface area contributed by atoms with Gasteiger partial charge in [-0.3, -0.25) is 5.32 Å². The second-order valence-corrected chi connectivity index (χ2v) is 5.63. The first-order valence-electron chi connectivity index (χ1n) is 7.03. The van der Waals surface area contributed by atoms with Gasteiger partial charge in [0.1, 0.15) is 5.54 Å². The molecule has 1 aliphatic rings. The highest BCUT2D eigenvalue weighted by Gasteiger charge is 2.35. The Morgan fingerprint density at radius 1 is 1.47 bits per heavy atom. The van der Waals surface area contributed by atoms with E-state index in [-0.39, 0.29) is 24.7 Å². The van der Waals surface area contributed by atoms with Crippen LogP contribution >= 0.6 is 0 Å². The maximum atomic E-state index is 11.9. The Morgan fingerprint density at radius 3 is 2.74 bits per heavy atom. The summed E-state index contributed by atoms with van der Waals surface area (Å²) in [5.74, 6) is -0.300. The number of carbonyl (C=O) groups is 1. The molecule has 0 aromatic heterocycles. The zero-order chi connectivity index (χ0) is 14.3. The van der Waals surface area contributed by atoms with Gasteiger partial charge in [-0.2, -0.15) is 0 Å². The van der Waals surface area contributed by atoms with E-state index in [1.807, 2.05) is 13.8 Å². The topological polar surface area (TPSA) is 56.8 Å². The second kappa shape index (κ2) is 7.82. The van der Waals surface area contributed by atoms with E-state index >= 15 is 0 Å². The molecular weight excluding hydrogens is 246 g/mol. The fourth-order valence-electron chi connectivity index (χ4n) is 2.36. The Bertz CT molecular complexity index is 277. The molecule has 0 bridgehead atoms. The van der Waals surface area contributed by atoms with Crippen molar-refractivity contribution in [3.05, 3.63) is 0 Å². The first-order chi connectivity index (χ1) is 8.98. The molecule has 1 saturated heterocycles. The van der Waals surface area contributed by atoms with Gasteiger partial charge < -0.3 is 14.2 Å². The molecule has 19 heavy (non-hydrogen) atoms. The molecule has 1 heterocycles. The van der Waals surface area contributed by atoms with Crippen molar-refractivity contribution in [2.45, 2.75) is 57.7 Å². The summed E-state index contributed by atoms with van der Waals surface area (Å²) < 4.78 is 16.1. The highest BCUT2D eigenvalue weighted by molar-refractivity contribution is 5.80. The van der Waals surface area contributed by atoms with Crippen LogP contribution in [0.15, 0.2) is 0 Å². The zero-order valence-electron chi connectivity index (χ0n) is 12.5. The van der Waals surface area contributed by atoms with Crippen molar-refractivity contribution in [1.82, 2.24) is 5.32 Å². The molecule has 1 aliphatic heterocycles. The van der Waals surface area contributed by atoms with Crippen molar-refractivity contribution in [2.75, 3.05) is 26.9 Å². The fourth-order valence-corrected chi connectivity index (χ4v) is 2.36. The standard InChI is InChI=1S/C14H27NO4/c1-11(2)15-14(3,13(16)17-4)10-18-9-12-7-5-6-8-19-12/h11-12,15H,5-10H2,1-4H3.